The van der Waals surface area contributed by atoms with Crippen LogP contribution in [0, 0.1) is 0 Å². The Morgan fingerprint density at radius 3 is 1.14 bits per heavy atom. The van der Waals surface area contributed by atoms with E-state index < -0.39 is 82.7 Å². The number of rotatable bonds is 10. The first-order valence-corrected chi connectivity index (χ1v) is 19.8. The van der Waals surface area contributed by atoms with Crippen molar-refractivity contribution in [3.05, 3.63) is 97.1 Å². The number of urea groups is 1. The maximum absolute atomic E-state index is 13.1. The van der Waals surface area contributed by atoms with Crippen LogP contribution >= 0.6 is 0 Å². The minimum atomic E-state index is -5.07. The molecule has 4 radical (unpaired) electrons. The number of phenolic OH excluding ortho intramolecular Hbond substituents is 2. The molecule has 6 rings (SSSR count). The second-order valence-corrected chi connectivity index (χ2v) is 15.3. The number of nitrogens with zero attached hydrogens (tertiary/aromatic N) is 4. The fourth-order valence-electron chi connectivity index (χ4n) is 5.62. The van der Waals surface area contributed by atoms with E-state index in [9.17, 15) is 60.1 Å². The third-order valence-electron chi connectivity index (χ3n) is 8.30. The van der Waals surface area contributed by atoms with Gasteiger partial charge in [0.1, 0.15) is 21.2 Å². The first-order valence-electron chi connectivity index (χ1n) is 16.9. The molecule has 0 bridgehead atoms. The first kappa shape index (κ1) is 57.7. The number of carboxylic acid groups (broad SMARTS) is 2. The molecule has 29 heteroatoms. The molecule has 0 saturated heterocycles. The molecule has 66 heavy (non-hydrogen) atoms. The average molecular weight is 979 g/mol. The molecule has 23 nitrogen and oxygen atoms in total. The van der Waals surface area contributed by atoms with E-state index in [2.05, 4.69) is 41.7 Å². The maximum atomic E-state index is 13.1. The Morgan fingerprint density at radius 2 is 0.803 bits per heavy atom. The molecule has 6 aromatic carbocycles. The van der Waals surface area contributed by atoms with Gasteiger partial charge in [0.05, 0.1) is 11.4 Å². The van der Waals surface area contributed by atoms with Gasteiger partial charge in [-0.3, -0.25) is 18.7 Å². The third-order valence-corrected chi connectivity index (χ3v) is 10.0. The van der Waals surface area contributed by atoms with Gasteiger partial charge in [-0.15, -0.1) is 10.2 Å². The second-order valence-electron chi connectivity index (χ2n) is 12.6. The van der Waals surface area contributed by atoms with Crippen molar-refractivity contribution in [1.29, 1.82) is 0 Å². The zero-order valence-electron chi connectivity index (χ0n) is 34.7. The standard InChI is InChI=1S/C37H26N8O15S2.4Na/c46-31-25-9-7-21(11-17(25)13-27(61(55,56)57)29(31)44-42-23-5-1-3-19(15-23)38-33(48)35(50)51)40-37(54)41-22-8-10-26-18(12-22)14-28(62(58,59)60)30(32(26)47)45-43-24-6-2-4-20(16-24)39-34(49)36(52)53;;;;/h1-16,46-47H,(H,38,48)(H,39,49)(H,50,51)(H,52,53)(H2,40,41,54)(H,55,56,57)(H,58,59,60);;;;. The molecule has 0 saturated carbocycles. The predicted molar refractivity (Wildman–Crippen MR) is 240 cm³/mol. The van der Waals surface area contributed by atoms with Gasteiger partial charge in [-0.25, -0.2) is 14.4 Å². The number of carbonyl (C=O) groups is 5. The van der Waals surface area contributed by atoms with Crippen LogP contribution in [-0.2, 0) is 39.4 Å². The Bertz CT molecular complexity index is 3000. The molecule has 0 aliphatic carbocycles. The summed E-state index contributed by atoms with van der Waals surface area (Å²) in [5, 5.41) is 64.1. The van der Waals surface area contributed by atoms with Gasteiger partial charge in [-0.2, -0.15) is 27.1 Å². The number of benzene rings is 6. The van der Waals surface area contributed by atoms with Crippen LogP contribution in [0.3, 0.4) is 0 Å². The van der Waals surface area contributed by atoms with Gasteiger partial charge >= 0.3 is 29.8 Å². The minimum Gasteiger partial charge on any atom is -0.505 e. The molecule has 0 aliphatic heterocycles. The molecular weight excluding hydrogens is 953 g/mol. The molecule has 0 atom stereocenters. The Kier molecular flexibility index (Phi) is 21.0. The number of phenols is 2. The second kappa shape index (κ2) is 24.1. The molecule has 0 spiro atoms. The molecule has 320 valence electrons. The Morgan fingerprint density at radius 1 is 0.455 bits per heavy atom. The number of nitrogens with one attached hydrogen (secondary N) is 4. The van der Waals surface area contributed by atoms with Crippen molar-refractivity contribution in [3.8, 4) is 11.5 Å². The smallest absolute Gasteiger partial charge is 0.394 e. The SMILES string of the molecule is O=C(Nc1ccc2c(O)c(N=Nc3cccc(NC(=O)C(=O)O)c3)c(S(=O)(=O)O)cc2c1)Nc1ccc2c(O)c(N=Nc3cccc(NC(=O)C(=O)O)c3)c(S(=O)(=O)O)cc2c1.[Na].[Na].[Na].[Na]. The summed E-state index contributed by atoms with van der Waals surface area (Å²) in [5.41, 5.74) is -1.27. The van der Waals surface area contributed by atoms with Crippen LogP contribution in [0.15, 0.2) is 127 Å². The van der Waals surface area contributed by atoms with Gasteiger partial charge in [0.2, 0.25) is 0 Å². The van der Waals surface area contributed by atoms with E-state index in [4.69, 9.17) is 10.2 Å². The molecule has 0 aromatic heterocycles. The molecule has 0 aliphatic rings. The van der Waals surface area contributed by atoms with Crippen LogP contribution in [-0.4, -0.2) is 194 Å². The number of amides is 4. The van der Waals surface area contributed by atoms with Crippen LogP contribution in [0.1, 0.15) is 0 Å². The topological polar surface area (TPSA) is 373 Å². The number of hydrogen-bond acceptors (Lipinski definition) is 15. The molecule has 6 aromatic rings. The average Bonchev–Trinajstić information content (AvgIpc) is 3.19. The normalized spacial score (nSPS) is 11.1. The van der Waals surface area contributed by atoms with Gasteiger partial charge in [0, 0.05) is 152 Å². The fraction of sp³-hybridized carbons (Fsp3) is 0. The summed E-state index contributed by atoms with van der Waals surface area (Å²) in [6.45, 7) is 0. The molecule has 0 fully saturated rings. The molecule has 0 unspecified atom stereocenters. The summed E-state index contributed by atoms with van der Waals surface area (Å²) in [7, 11) is -10.1. The van der Waals surface area contributed by atoms with E-state index in [1.807, 2.05) is 0 Å². The van der Waals surface area contributed by atoms with E-state index in [0.717, 1.165) is 12.1 Å². The van der Waals surface area contributed by atoms with E-state index in [1.165, 1.54) is 84.9 Å². The number of azo groups is 2. The Balaban J connectivity index is 0.00000374. The van der Waals surface area contributed by atoms with Crippen molar-refractivity contribution < 1.29 is 70.3 Å². The van der Waals surface area contributed by atoms with Crippen molar-refractivity contribution in [2.45, 2.75) is 9.79 Å². The Hall–Kier alpha value is -4.39. The van der Waals surface area contributed by atoms with Crippen molar-refractivity contribution in [2.24, 2.45) is 20.5 Å². The van der Waals surface area contributed by atoms with Crippen LogP contribution in [0.25, 0.3) is 21.5 Å². The zero-order valence-corrected chi connectivity index (χ0v) is 44.3. The van der Waals surface area contributed by atoms with Gasteiger partial charge in [-0.05, 0) is 95.7 Å². The summed E-state index contributed by atoms with van der Waals surface area (Å²) in [6, 6.07) is 19.3. The quantitative estimate of drug-likeness (QED) is 0.0378. The van der Waals surface area contributed by atoms with Gasteiger partial charge in [0.25, 0.3) is 20.2 Å². The van der Waals surface area contributed by atoms with Crippen LogP contribution in [0.2, 0.25) is 0 Å². The first-order chi connectivity index (χ1) is 29.2. The van der Waals surface area contributed by atoms with Crippen LogP contribution < -0.4 is 21.3 Å². The van der Waals surface area contributed by atoms with Crippen molar-refractivity contribution in [1.82, 2.24) is 0 Å². The number of anilines is 4. The number of hydrogen-bond donors (Lipinski definition) is 10. The fourth-order valence-corrected chi connectivity index (χ4v) is 6.93. The number of aromatic hydroxyl groups is 2. The summed E-state index contributed by atoms with van der Waals surface area (Å²) in [4.78, 5) is 56.0. The number of carboxylic acids is 2. The molecule has 0 heterocycles. The number of aliphatic carboxylic acids is 2. The van der Waals surface area contributed by atoms with E-state index in [1.54, 1.807) is 0 Å². The summed E-state index contributed by atoms with van der Waals surface area (Å²) in [5.74, 6) is -7.66. The predicted octanol–water partition coefficient (Wildman–Crippen LogP) is 4.90. The van der Waals surface area contributed by atoms with E-state index >= 15 is 0 Å². The number of carbonyl (C=O) groups excluding carboxylic acids is 3. The minimum absolute atomic E-state index is 0. The van der Waals surface area contributed by atoms with Gasteiger partial charge < -0.3 is 41.7 Å². The largest absolute Gasteiger partial charge is 0.505 e. The van der Waals surface area contributed by atoms with Crippen molar-refractivity contribution in [3.63, 3.8) is 0 Å². The number of fused-ring (bicyclic) bond motifs is 2. The van der Waals surface area contributed by atoms with Crippen LogP contribution in [0.4, 0.5) is 50.3 Å². The maximum Gasteiger partial charge on any atom is 0.394 e. The summed E-state index contributed by atoms with van der Waals surface area (Å²) >= 11 is 0. The monoisotopic (exact) mass is 978 g/mol. The van der Waals surface area contributed by atoms with E-state index in [-0.39, 0.29) is 174 Å². The molecular formula is C37H26N8Na4O15S2. The van der Waals surface area contributed by atoms with Crippen molar-refractivity contribution in [2.75, 3.05) is 21.3 Å². The van der Waals surface area contributed by atoms with Gasteiger partial charge in [-0.1, -0.05) is 12.1 Å². The van der Waals surface area contributed by atoms with Crippen LogP contribution in [0.5, 0.6) is 11.5 Å². The summed E-state index contributed by atoms with van der Waals surface area (Å²) in [6.07, 6.45) is 0. The Labute approximate surface area is 460 Å². The van der Waals surface area contributed by atoms with Crippen molar-refractivity contribution >= 4 is 235 Å². The molecule has 10 N–H and O–H groups in total. The summed E-state index contributed by atoms with van der Waals surface area (Å²) < 4.78 is 69.5. The van der Waals surface area contributed by atoms with E-state index in [0.29, 0.717) is 0 Å². The zero-order chi connectivity index (χ0) is 45.1. The van der Waals surface area contributed by atoms with Gasteiger partial charge in [0.15, 0.2) is 11.5 Å². The third kappa shape index (κ3) is 14.3. The molecule has 4 amide bonds.